The first kappa shape index (κ1) is 12.1. The van der Waals surface area contributed by atoms with Gasteiger partial charge in [-0.15, -0.1) is 0 Å². The van der Waals surface area contributed by atoms with Crippen molar-refractivity contribution in [2.45, 2.75) is 45.2 Å². The normalized spacial score (nSPS) is 27.4. The van der Waals surface area contributed by atoms with E-state index >= 15 is 0 Å². The first-order valence-electron chi connectivity index (χ1n) is 6.64. The maximum atomic E-state index is 11.7. The van der Waals surface area contributed by atoms with Crippen molar-refractivity contribution >= 4 is 22.3 Å². The van der Waals surface area contributed by atoms with Gasteiger partial charge >= 0.3 is 0 Å². The number of hydrogen-bond donors (Lipinski definition) is 1. The van der Waals surface area contributed by atoms with E-state index in [1.807, 2.05) is 6.92 Å². The van der Waals surface area contributed by atoms with Gasteiger partial charge in [0.2, 0.25) is 0 Å². The van der Waals surface area contributed by atoms with Gasteiger partial charge in [0.25, 0.3) is 0 Å². The second-order valence-electron chi connectivity index (χ2n) is 5.31. The van der Waals surface area contributed by atoms with Gasteiger partial charge in [0.05, 0.1) is 11.3 Å². The minimum Gasteiger partial charge on any atom is -0.371 e. The van der Waals surface area contributed by atoms with Crippen LogP contribution in [0.1, 0.15) is 42.2 Å². The molecule has 0 saturated carbocycles. The summed E-state index contributed by atoms with van der Waals surface area (Å²) >= 11 is 1.43. The number of Topliss-reactive ketones (excluding diaryl/α,β-unsaturated/α-hetero) is 1. The molecule has 2 atom stereocenters. The summed E-state index contributed by atoms with van der Waals surface area (Å²) in [6, 6.07) is 1.15. The quantitative estimate of drug-likeness (QED) is 0.852. The number of carbonyl (C=O) groups is 1. The van der Waals surface area contributed by atoms with Gasteiger partial charge in [0.1, 0.15) is 5.00 Å². The van der Waals surface area contributed by atoms with E-state index in [1.165, 1.54) is 43.9 Å². The number of nitrogens with zero attached hydrogens (tertiary/aromatic N) is 2. The highest BCUT2D eigenvalue weighted by atomic mass is 32.1. The number of carbonyl (C=O) groups excluding carboxylic acids is 1. The lowest BCUT2D eigenvalue weighted by atomic mass is 10.1. The van der Waals surface area contributed by atoms with Gasteiger partial charge in [-0.25, -0.2) is 0 Å². The number of aryl methyl sites for hydroxylation is 1. The number of anilines is 1. The van der Waals surface area contributed by atoms with Crippen LogP contribution in [-0.2, 0) is 0 Å². The molecular weight excluding hydrogens is 246 g/mol. The minimum absolute atomic E-state index is 0.116. The third kappa shape index (κ3) is 1.95. The number of rotatable bonds is 3. The van der Waals surface area contributed by atoms with E-state index in [2.05, 4.69) is 14.6 Å². The van der Waals surface area contributed by atoms with Gasteiger partial charge in [-0.05, 0) is 51.2 Å². The van der Waals surface area contributed by atoms with E-state index in [9.17, 15) is 4.79 Å². The largest absolute Gasteiger partial charge is 0.371 e. The monoisotopic (exact) mass is 265 g/mol. The molecule has 2 aliphatic rings. The number of hydrogen-bond acceptors (Lipinski definition) is 5. The van der Waals surface area contributed by atoms with E-state index in [-0.39, 0.29) is 5.78 Å². The van der Waals surface area contributed by atoms with Gasteiger partial charge in [-0.1, -0.05) is 0 Å². The Labute approximate surface area is 112 Å². The number of fused-ring (bicyclic) bond motifs is 1. The molecule has 2 fully saturated rings. The molecule has 2 saturated heterocycles. The Morgan fingerprint density at radius 2 is 2.28 bits per heavy atom. The predicted octanol–water partition coefficient (Wildman–Crippen LogP) is 2.30. The zero-order valence-corrected chi connectivity index (χ0v) is 11.7. The van der Waals surface area contributed by atoms with E-state index in [0.717, 1.165) is 16.3 Å². The van der Waals surface area contributed by atoms with Crippen LogP contribution in [-0.4, -0.2) is 40.2 Å². The first-order chi connectivity index (χ1) is 8.66. The molecule has 3 heterocycles. The van der Waals surface area contributed by atoms with E-state index in [0.29, 0.717) is 12.1 Å². The summed E-state index contributed by atoms with van der Waals surface area (Å²) in [4.78, 5) is 14.2. The fraction of sp³-hybridized carbons (Fsp3) is 0.692. The molecule has 0 amide bonds. The van der Waals surface area contributed by atoms with Crippen molar-refractivity contribution in [1.29, 1.82) is 0 Å². The van der Waals surface area contributed by atoms with Gasteiger partial charge in [0.15, 0.2) is 5.78 Å². The maximum absolute atomic E-state index is 11.7. The first-order valence-corrected chi connectivity index (χ1v) is 7.42. The van der Waals surface area contributed by atoms with Crippen molar-refractivity contribution in [3.63, 3.8) is 0 Å². The minimum atomic E-state index is 0.116. The van der Waals surface area contributed by atoms with Crippen molar-refractivity contribution in [2.24, 2.45) is 0 Å². The molecule has 2 unspecified atom stereocenters. The molecule has 5 heteroatoms. The number of ketones is 1. The SMILES string of the molecule is CC(=O)c1c(C)nsc1NC1CCN2CCCC12. The third-order valence-corrected chi connectivity index (χ3v) is 5.01. The smallest absolute Gasteiger partial charge is 0.164 e. The average Bonchev–Trinajstić information content (AvgIpc) is 2.96. The summed E-state index contributed by atoms with van der Waals surface area (Å²) < 4.78 is 4.31. The lowest BCUT2D eigenvalue weighted by Crippen LogP contribution is -2.33. The standard InChI is InChI=1S/C13H19N3OS/c1-8-12(9(2)17)13(18-15-8)14-10-5-7-16-6-3-4-11(10)16/h10-11,14H,3-7H2,1-2H3. The van der Waals surface area contributed by atoms with Crippen LogP contribution < -0.4 is 5.32 Å². The van der Waals surface area contributed by atoms with Crippen LogP contribution in [0.3, 0.4) is 0 Å². The van der Waals surface area contributed by atoms with Crippen molar-refractivity contribution in [1.82, 2.24) is 9.27 Å². The zero-order chi connectivity index (χ0) is 12.7. The Balaban J connectivity index is 1.79. The van der Waals surface area contributed by atoms with Crippen LogP contribution in [0.4, 0.5) is 5.00 Å². The van der Waals surface area contributed by atoms with Crippen LogP contribution in [0, 0.1) is 6.92 Å². The Bertz CT molecular complexity index is 471. The van der Waals surface area contributed by atoms with Crippen LogP contribution in [0.25, 0.3) is 0 Å². The van der Waals surface area contributed by atoms with E-state index in [4.69, 9.17) is 0 Å². The molecule has 1 aromatic rings. The summed E-state index contributed by atoms with van der Waals surface area (Å²) in [6.07, 6.45) is 3.77. The fourth-order valence-corrected chi connectivity index (χ4v) is 4.21. The highest BCUT2D eigenvalue weighted by molar-refractivity contribution is 7.10. The molecular formula is C13H19N3OS. The van der Waals surface area contributed by atoms with Crippen LogP contribution >= 0.6 is 11.5 Å². The van der Waals surface area contributed by atoms with E-state index in [1.54, 1.807) is 6.92 Å². The van der Waals surface area contributed by atoms with Crippen LogP contribution in [0.5, 0.6) is 0 Å². The summed E-state index contributed by atoms with van der Waals surface area (Å²) in [5.74, 6) is 0.116. The molecule has 0 bridgehead atoms. The number of nitrogens with one attached hydrogen (secondary N) is 1. The van der Waals surface area contributed by atoms with E-state index < -0.39 is 0 Å². The molecule has 0 radical (unpaired) electrons. The molecule has 18 heavy (non-hydrogen) atoms. The number of aromatic nitrogens is 1. The van der Waals surface area contributed by atoms with Gasteiger partial charge < -0.3 is 5.32 Å². The van der Waals surface area contributed by atoms with Crippen molar-refractivity contribution in [3.8, 4) is 0 Å². The molecule has 3 rings (SSSR count). The Hall–Kier alpha value is -0.940. The molecule has 98 valence electrons. The molecule has 0 aliphatic carbocycles. The molecule has 0 aromatic carbocycles. The fourth-order valence-electron chi connectivity index (χ4n) is 3.30. The molecule has 4 nitrogen and oxygen atoms in total. The molecule has 1 N–H and O–H groups in total. The maximum Gasteiger partial charge on any atom is 0.164 e. The summed E-state index contributed by atoms with van der Waals surface area (Å²) in [7, 11) is 0. The van der Waals surface area contributed by atoms with Crippen molar-refractivity contribution in [3.05, 3.63) is 11.3 Å². The Morgan fingerprint density at radius 3 is 3.06 bits per heavy atom. The average molecular weight is 265 g/mol. The van der Waals surface area contributed by atoms with Gasteiger partial charge in [-0.2, -0.15) is 4.37 Å². The Kier molecular flexibility index (Phi) is 3.11. The van der Waals surface area contributed by atoms with Gasteiger partial charge in [0, 0.05) is 18.6 Å². The predicted molar refractivity (Wildman–Crippen MR) is 73.5 cm³/mol. The molecule has 1 aromatic heterocycles. The second-order valence-corrected chi connectivity index (χ2v) is 6.09. The summed E-state index contributed by atoms with van der Waals surface area (Å²) in [5.41, 5.74) is 1.65. The summed E-state index contributed by atoms with van der Waals surface area (Å²) in [5, 5.41) is 4.55. The van der Waals surface area contributed by atoms with Crippen molar-refractivity contribution in [2.75, 3.05) is 18.4 Å². The van der Waals surface area contributed by atoms with Crippen LogP contribution in [0.15, 0.2) is 0 Å². The third-order valence-electron chi connectivity index (χ3n) is 4.14. The van der Waals surface area contributed by atoms with Crippen molar-refractivity contribution < 1.29 is 4.79 Å². The second kappa shape index (κ2) is 4.63. The highest BCUT2D eigenvalue weighted by Gasteiger charge is 2.37. The zero-order valence-electron chi connectivity index (χ0n) is 10.9. The van der Waals surface area contributed by atoms with Gasteiger partial charge in [-0.3, -0.25) is 9.69 Å². The topological polar surface area (TPSA) is 45.2 Å². The molecule has 2 aliphatic heterocycles. The Morgan fingerprint density at radius 1 is 1.44 bits per heavy atom. The molecule has 0 spiro atoms. The lowest BCUT2D eigenvalue weighted by molar-refractivity contribution is 0.101. The van der Waals surface area contributed by atoms with Crippen LogP contribution in [0.2, 0.25) is 0 Å². The highest BCUT2D eigenvalue weighted by Crippen LogP contribution is 2.33. The lowest BCUT2D eigenvalue weighted by Gasteiger charge is -2.21. The summed E-state index contributed by atoms with van der Waals surface area (Å²) in [6.45, 7) is 5.97.